The molecule has 0 saturated carbocycles. The van der Waals surface area contributed by atoms with E-state index in [0.717, 1.165) is 0 Å². The lowest BCUT2D eigenvalue weighted by Crippen LogP contribution is -2.12. The van der Waals surface area contributed by atoms with Crippen molar-refractivity contribution in [2.75, 3.05) is 5.73 Å². The van der Waals surface area contributed by atoms with E-state index in [2.05, 4.69) is 9.97 Å². The average molecular weight is 365 g/mol. The lowest BCUT2D eigenvalue weighted by molar-refractivity contribution is -0.137. The fourth-order valence-corrected chi connectivity index (χ4v) is 3.78. The van der Waals surface area contributed by atoms with Gasteiger partial charge in [0.2, 0.25) is 0 Å². The quantitative estimate of drug-likeness (QED) is 0.411. The summed E-state index contributed by atoms with van der Waals surface area (Å²) < 4.78 is 17.5. The Morgan fingerprint density at radius 3 is 2.80 bits per heavy atom. The molecule has 10 heteroatoms. The van der Waals surface area contributed by atoms with Crippen LogP contribution in [-0.4, -0.2) is 30.8 Å². The average Bonchev–Trinajstić information content (AvgIpc) is 3.11. The van der Waals surface area contributed by atoms with Gasteiger partial charge in [0, 0.05) is 17.5 Å². The summed E-state index contributed by atoms with van der Waals surface area (Å²) >= 11 is 0. The fourth-order valence-electron chi connectivity index (χ4n) is 2.77. The van der Waals surface area contributed by atoms with Crippen molar-refractivity contribution in [2.24, 2.45) is 0 Å². The molecule has 0 fully saturated rings. The third-order valence-corrected chi connectivity index (χ3v) is 4.87. The van der Waals surface area contributed by atoms with Crippen molar-refractivity contribution in [3.63, 3.8) is 0 Å². The number of fused-ring (bicyclic) bond motifs is 1. The molecule has 0 aliphatic rings. The molecule has 0 aliphatic heterocycles. The highest BCUT2D eigenvalue weighted by atomic mass is 31.2. The first-order valence-corrected chi connectivity index (χ1v) is 9.01. The summed E-state index contributed by atoms with van der Waals surface area (Å²) in [5.41, 5.74) is 7.53. The molecule has 2 heterocycles. The Labute approximate surface area is 141 Å². The Morgan fingerprint density at radius 1 is 1.36 bits per heavy atom. The van der Waals surface area contributed by atoms with E-state index in [0.29, 0.717) is 16.6 Å². The number of imidazole rings is 1. The highest BCUT2D eigenvalue weighted by Gasteiger charge is 2.33. The summed E-state index contributed by atoms with van der Waals surface area (Å²) in [5.74, 6) is -1.18. The van der Waals surface area contributed by atoms with Crippen LogP contribution in [-0.2, 0) is 15.8 Å². The molecule has 0 spiro atoms. The van der Waals surface area contributed by atoms with Gasteiger partial charge in [-0.3, -0.25) is 9.36 Å². The van der Waals surface area contributed by atoms with Crippen LogP contribution in [0.3, 0.4) is 0 Å². The SMILES string of the molecule is Nc1oc(-c2cccc3[nH]cnc23)c(P(=O)(O)O)c1CCCC(=O)O. The summed E-state index contributed by atoms with van der Waals surface area (Å²) in [6.07, 6.45) is 1.58. The maximum absolute atomic E-state index is 12.1. The minimum absolute atomic E-state index is 0.0474. The summed E-state index contributed by atoms with van der Waals surface area (Å²) in [5, 5.41) is 8.43. The van der Waals surface area contributed by atoms with Crippen molar-refractivity contribution in [3.8, 4) is 11.3 Å². The number of para-hydroxylation sites is 1. The number of H-pyrrole nitrogens is 1. The number of benzene rings is 1. The lowest BCUT2D eigenvalue weighted by Gasteiger charge is -2.08. The summed E-state index contributed by atoms with van der Waals surface area (Å²) in [6, 6.07) is 5.09. The molecule has 0 radical (unpaired) electrons. The van der Waals surface area contributed by atoms with Crippen molar-refractivity contribution in [3.05, 3.63) is 30.1 Å². The van der Waals surface area contributed by atoms with E-state index >= 15 is 0 Å². The second-order valence-electron chi connectivity index (χ2n) is 5.52. The van der Waals surface area contributed by atoms with Crippen molar-refractivity contribution >= 4 is 35.8 Å². The van der Waals surface area contributed by atoms with E-state index in [1.807, 2.05) is 0 Å². The largest absolute Gasteiger partial charge is 0.481 e. The molecule has 0 atom stereocenters. The number of carboxylic acid groups (broad SMARTS) is 1. The molecule has 6 N–H and O–H groups in total. The Balaban J connectivity index is 2.16. The van der Waals surface area contributed by atoms with Gasteiger partial charge >= 0.3 is 13.6 Å². The predicted octanol–water partition coefficient (Wildman–Crippen LogP) is 1.62. The van der Waals surface area contributed by atoms with Crippen molar-refractivity contribution in [1.29, 1.82) is 0 Å². The third kappa shape index (κ3) is 3.30. The maximum Gasteiger partial charge on any atom is 0.360 e. The van der Waals surface area contributed by atoms with Crippen LogP contribution in [0.4, 0.5) is 5.88 Å². The van der Waals surface area contributed by atoms with Gasteiger partial charge in [0.25, 0.3) is 0 Å². The molecule has 132 valence electrons. The van der Waals surface area contributed by atoms with Gasteiger partial charge in [-0.15, -0.1) is 0 Å². The van der Waals surface area contributed by atoms with Crippen LogP contribution in [0.1, 0.15) is 18.4 Å². The Hall–Kier alpha value is -2.61. The number of aromatic nitrogens is 2. The number of aromatic amines is 1. The first-order chi connectivity index (χ1) is 11.8. The van der Waals surface area contributed by atoms with Gasteiger partial charge in [-0.05, 0) is 25.0 Å². The molecule has 0 aliphatic carbocycles. The fraction of sp³-hybridized carbons (Fsp3) is 0.200. The molecule has 9 nitrogen and oxygen atoms in total. The van der Waals surface area contributed by atoms with Crippen LogP contribution >= 0.6 is 7.60 Å². The summed E-state index contributed by atoms with van der Waals surface area (Å²) in [7, 11) is -4.72. The summed E-state index contributed by atoms with van der Waals surface area (Å²) in [4.78, 5) is 37.4. The molecule has 0 saturated heterocycles. The molecule has 0 bridgehead atoms. The summed E-state index contributed by atoms with van der Waals surface area (Å²) in [6.45, 7) is 0. The number of anilines is 1. The van der Waals surface area contributed by atoms with Crippen LogP contribution < -0.4 is 11.0 Å². The number of nitrogens with zero attached hydrogens (tertiary/aromatic N) is 1. The van der Waals surface area contributed by atoms with E-state index < -0.39 is 13.6 Å². The number of nitrogens with two attached hydrogens (primary N) is 1. The Bertz CT molecular complexity index is 986. The molecule has 2 aromatic heterocycles. The molecule has 25 heavy (non-hydrogen) atoms. The lowest BCUT2D eigenvalue weighted by atomic mass is 10.1. The zero-order valence-electron chi connectivity index (χ0n) is 13.0. The second kappa shape index (κ2) is 6.36. The first-order valence-electron chi connectivity index (χ1n) is 7.40. The van der Waals surface area contributed by atoms with Crippen LogP contribution in [0.5, 0.6) is 0 Å². The van der Waals surface area contributed by atoms with Crippen LogP contribution in [0, 0.1) is 0 Å². The highest BCUT2D eigenvalue weighted by Crippen LogP contribution is 2.44. The van der Waals surface area contributed by atoms with Crippen LogP contribution in [0.25, 0.3) is 22.4 Å². The van der Waals surface area contributed by atoms with Gasteiger partial charge in [0.1, 0.15) is 5.30 Å². The van der Waals surface area contributed by atoms with E-state index in [4.69, 9.17) is 15.3 Å². The van der Waals surface area contributed by atoms with Crippen molar-refractivity contribution in [1.82, 2.24) is 9.97 Å². The Kier molecular flexibility index (Phi) is 4.38. The van der Waals surface area contributed by atoms with E-state index in [9.17, 15) is 19.1 Å². The number of carboxylic acids is 1. The van der Waals surface area contributed by atoms with Gasteiger partial charge < -0.3 is 30.0 Å². The topological polar surface area (TPSA) is 163 Å². The first kappa shape index (κ1) is 17.2. The monoisotopic (exact) mass is 365 g/mol. The molecule has 3 aromatic rings. The number of hydrogen-bond acceptors (Lipinski definition) is 5. The van der Waals surface area contributed by atoms with Gasteiger partial charge in [-0.1, -0.05) is 6.07 Å². The van der Waals surface area contributed by atoms with E-state index in [1.54, 1.807) is 18.2 Å². The van der Waals surface area contributed by atoms with Crippen LogP contribution in [0.2, 0.25) is 0 Å². The normalized spacial score (nSPS) is 11.9. The zero-order valence-corrected chi connectivity index (χ0v) is 13.9. The van der Waals surface area contributed by atoms with Gasteiger partial charge in [0.15, 0.2) is 11.6 Å². The number of nitrogens with one attached hydrogen (secondary N) is 1. The standard InChI is InChI=1S/C15H16N3O6P/c16-15-9(4-2-6-11(19)20)14(25(21,22)23)13(24-15)8-3-1-5-10-12(8)18-7-17-10/h1,3,5,7H,2,4,6,16H2,(H,17,18)(H,19,20)(H2,21,22,23). The predicted molar refractivity (Wildman–Crippen MR) is 90.5 cm³/mol. The third-order valence-electron chi connectivity index (χ3n) is 3.81. The van der Waals surface area contributed by atoms with Gasteiger partial charge in [-0.25, -0.2) is 4.98 Å². The number of carbonyl (C=O) groups is 1. The Morgan fingerprint density at radius 2 is 2.12 bits per heavy atom. The van der Waals surface area contributed by atoms with E-state index in [1.165, 1.54) is 6.33 Å². The molecule has 0 amide bonds. The maximum atomic E-state index is 12.1. The molecule has 1 aromatic carbocycles. The smallest absolute Gasteiger partial charge is 0.360 e. The zero-order chi connectivity index (χ0) is 18.2. The van der Waals surface area contributed by atoms with Crippen LogP contribution in [0.15, 0.2) is 28.9 Å². The van der Waals surface area contributed by atoms with Gasteiger partial charge in [0.05, 0.1) is 17.4 Å². The van der Waals surface area contributed by atoms with Crippen molar-refractivity contribution in [2.45, 2.75) is 19.3 Å². The molecule has 3 rings (SSSR count). The highest BCUT2D eigenvalue weighted by molar-refractivity contribution is 7.60. The van der Waals surface area contributed by atoms with Gasteiger partial charge in [-0.2, -0.15) is 0 Å². The van der Waals surface area contributed by atoms with E-state index in [-0.39, 0.29) is 41.8 Å². The second-order valence-corrected chi connectivity index (χ2v) is 7.05. The van der Waals surface area contributed by atoms with Crippen molar-refractivity contribution < 1.29 is 28.7 Å². The number of aliphatic carboxylic acids is 1. The molecular formula is C15H16N3O6P. The minimum Gasteiger partial charge on any atom is -0.481 e. The number of hydrogen-bond donors (Lipinski definition) is 5. The molecule has 0 unspecified atom stereocenters. The number of furan rings is 1. The minimum atomic E-state index is -4.72. The number of rotatable bonds is 6. The number of nitrogen functional groups attached to an aromatic ring is 1. The molecular weight excluding hydrogens is 349 g/mol.